The fraction of sp³-hybridized carbons (Fsp3) is 0.222. The van der Waals surface area contributed by atoms with E-state index >= 15 is 0 Å². The van der Waals surface area contributed by atoms with E-state index in [0.717, 1.165) is 54.7 Å². The summed E-state index contributed by atoms with van der Waals surface area (Å²) in [7, 11) is 0. The van der Waals surface area contributed by atoms with Gasteiger partial charge in [0.1, 0.15) is 24.0 Å². The standard InChI is InChI=1S/C36H32N4O3/c1-25-32(35(41)40(36(42)33(25)22-37)30-15-9-4-10-16-30)21-28-23-39(29-13-7-3-8-14-29)38-34(28)27-17-19-31(20-18-27)43-24-26-11-5-2-6-12-26/h2-3,5-8,11-14,17-21,23,30H,4,9-10,15-16,24H2,1H3/b32-21+. The second-order valence-corrected chi connectivity index (χ2v) is 11.0. The Morgan fingerprint density at radius 1 is 0.907 bits per heavy atom. The highest BCUT2D eigenvalue weighted by Gasteiger charge is 2.40. The third-order valence-corrected chi connectivity index (χ3v) is 8.15. The van der Waals surface area contributed by atoms with Gasteiger partial charge in [0.25, 0.3) is 11.8 Å². The molecule has 1 aliphatic heterocycles. The smallest absolute Gasteiger partial charge is 0.271 e. The van der Waals surface area contributed by atoms with Crippen LogP contribution >= 0.6 is 0 Å². The van der Waals surface area contributed by atoms with Crippen LogP contribution in [0.4, 0.5) is 0 Å². The van der Waals surface area contributed by atoms with Crippen LogP contribution in [0.15, 0.2) is 108 Å². The summed E-state index contributed by atoms with van der Waals surface area (Å²) in [6.45, 7) is 2.14. The van der Waals surface area contributed by atoms with E-state index in [0.29, 0.717) is 29.0 Å². The molecule has 4 aromatic rings. The lowest BCUT2D eigenvalue weighted by Crippen LogP contribution is -2.49. The predicted molar refractivity (Wildman–Crippen MR) is 165 cm³/mol. The SMILES string of the molecule is CC1=C(C#N)C(=O)N(C2CCCCC2)C(=O)/C1=C/c1cn(-c2ccccc2)nc1-c1ccc(OCc2ccccc2)cc1. The van der Waals surface area contributed by atoms with E-state index in [-0.39, 0.29) is 17.5 Å². The fourth-order valence-electron chi connectivity index (χ4n) is 5.81. The maximum Gasteiger partial charge on any atom is 0.271 e. The van der Waals surface area contributed by atoms with Crippen molar-refractivity contribution in [2.24, 2.45) is 0 Å². The predicted octanol–water partition coefficient (Wildman–Crippen LogP) is 7.04. The zero-order valence-corrected chi connectivity index (χ0v) is 24.1. The number of carbonyl (C=O) groups is 2. The molecule has 7 heteroatoms. The monoisotopic (exact) mass is 568 g/mol. The highest BCUT2D eigenvalue weighted by molar-refractivity contribution is 6.20. The van der Waals surface area contributed by atoms with Crippen molar-refractivity contribution in [3.63, 3.8) is 0 Å². The molecule has 214 valence electrons. The first-order valence-electron chi connectivity index (χ1n) is 14.7. The first kappa shape index (κ1) is 27.9. The van der Waals surface area contributed by atoms with Gasteiger partial charge in [-0.3, -0.25) is 14.5 Å². The molecular weight excluding hydrogens is 536 g/mol. The lowest BCUT2D eigenvalue weighted by Gasteiger charge is -2.36. The van der Waals surface area contributed by atoms with Gasteiger partial charge in [-0.15, -0.1) is 0 Å². The average Bonchev–Trinajstić information content (AvgIpc) is 3.48. The van der Waals surface area contributed by atoms with Gasteiger partial charge in [0, 0.05) is 28.9 Å². The Hall–Kier alpha value is -5.22. The van der Waals surface area contributed by atoms with Crippen molar-refractivity contribution in [3.8, 4) is 28.8 Å². The molecule has 0 atom stereocenters. The number of para-hydroxylation sites is 1. The number of amides is 2. The Morgan fingerprint density at radius 3 is 2.26 bits per heavy atom. The first-order chi connectivity index (χ1) is 21.0. The van der Waals surface area contributed by atoms with Crippen LogP contribution in [0.2, 0.25) is 0 Å². The molecule has 1 aromatic heterocycles. The summed E-state index contributed by atoms with van der Waals surface area (Å²) in [6.07, 6.45) is 8.20. The van der Waals surface area contributed by atoms with Gasteiger partial charge < -0.3 is 4.74 Å². The number of hydrogen-bond acceptors (Lipinski definition) is 5. The van der Waals surface area contributed by atoms with Gasteiger partial charge in [-0.25, -0.2) is 4.68 Å². The number of benzene rings is 3. The summed E-state index contributed by atoms with van der Waals surface area (Å²) in [5, 5.41) is 14.8. The minimum Gasteiger partial charge on any atom is -0.489 e. The summed E-state index contributed by atoms with van der Waals surface area (Å²) < 4.78 is 7.77. The number of imide groups is 1. The minimum absolute atomic E-state index is 0.0216. The second-order valence-electron chi connectivity index (χ2n) is 11.0. The Bertz CT molecular complexity index is 1740. The Morgan fingerprint density at radius 2 is 1.58 bits per heavy atom. The molecule has 2 heterocycles. The number of aromatic nitrogens is 2. The Labute approximate surface area is 251 Å². The van der Waals surface area contributed by atoms with Crippen molar-refractivity contribution in [1.29, 1.82) is 5.26 Å². The van der Waals surface area contributed by atoms with E-state index in [1.54, 1.807) is 17.7 Å². The van der Waals surface area contributed by atoms with Crippen molar-refractivity contribution in [2.45, 2.75) is 51.7 Å². The van der Waals surface area contributed by atoms with Crippen molar-refractivity contribution in [3.05, 3.63) is 119 Å². The topological polar surface area (TPSA) is 88.2 Å². The number of nitrogens with zero attached hydrogens (tertiary/aromatic N) is 4. The molecule has 1 saturated carbocycles. The summed E-state index contributed by atoms with van der Waals surface area (Å²) in [4.78, 5) is 28.5. The normalized spacial score (nSPS) is 16.9. The van der Waals surface area contributed by atoms with E-state index in [1.165, 1.54) is 4.90 Å². The summed E-state index contributed by atoms with van der Waals surface area (Å²) in [5.41, 5.74) is 4.94. The van der Waals surface area contributed by atoms with Crippen LogP contribution in [0.1, 0.15) is 50.2 Å². The number of nitriles is 1. The van der Waals surface area contributed by atoms with Crippen molar-refractivity contribution < 1.29 is 14.3 Å². The third-order valence-electron chi connectivity index (χ3n) is 8.15. The summed E-state index contributed by atoms with van der Waals surface area (Å²) >= 11 is 0. The van der Waals surface area contributed by atoms with Crippen LogP contribution in [-0.2, 0) is 16.2 Å². The van der Waals surface area contributed by atoms with Crippen LogP contribution in [0.5, 0.6) is 5.75 Å². The fourth-order valence-corrected chi connectivity index (χ4v) is 5.81. The molecule has 2 aliphatic rings. The lowest BCUT2D eigenvalue weighted by molar-refractivity contribution is -0.143. The minimum atomic E-state index is -0.486. The maximum atomic E-state index is 13.9. The Kier molecular flexibility index (Phi) is 8.01. The molecule has 43 heavy (non-hydrogen) atoms. The van der Waals surface area contributed by atoms with Crippen LogP contribution in [0.25, 0.3) is 23.0 Å². The second kappa shape index (κ2) is 12.3. The molecule has 2 amide bonds. The number of rotatable bonds is 7. The van der Waals surface area contributed by atoms with Crippen LogP contribution in [0, 0.1) is 11.3 Å². The molecule has 6 rings (SSSR count). The zero-order chi connectivity index (χ0) is 29.8. The highest BCUT2D eigenvalue weighted by Crippen LogP contribution is 2.34. The summed E-state index contributed by atoms with van der Waals surface area (Å²) in [5.74, 6) is -0.103. The van der Waals surface area contributed by atoms with Crippen LogP contribution < -0.4 is 4.74 Å². The van der Waals surface area contributed by atoms with E-state index in [1.807, 2.05) is 91.1 Å². The molecule has 0 saturated heterocycles. The number of ether oxygens (including phenoxy) is 1. The zero-order valence-electron chi connectivity index (χ0n) is 24.1. The van der Waals surface area contributed by atoms with E-state index in [4.69, 9.17) is 9.84 Å². The maximum absolute atomic E-state index is 13.9. The van der Waals surface area contributed by atoms with Gasteiger partial charge in [0.2, 0.25) is 0 Å². The molecule has 0 spiro atoms. The van der Waals surface area contributed by atoms with Crippen LogP contribution in [-0.4, -0.2) is 32.5 Å². The molecule has 7 nitrogen and oxygen atoms in total. The van der Waals surface area contributed by atoms with E-state index in [9.17, 15) is 14.9 Å². The van der Waals surface area contributed by atoms with Gasteiger partial charge in [0.05, 0.1) is 11.4 Å². The number of carbonyl (C=O) groups excluding carboxylic acids is 2. The molecule has 1 fully saturated rings. The average molecular weight is 569 g/mol. The highest BCUT2D eigenvalue weighted by atomic mass is 16.5. The van der Waals surface area contributed by atoms with Crippen molar-refractivity contribution >= 4 is 17.9 Å². The number of hydrogen-bond donors (Lipinski definition) is 0. The molecule has 0 radical (unpaired) electrons. The van der Waals surface area contributed by atoms with Crippen molar-refractivity contribution in [2.75, 3.05) is 0 Å². The van der Waals surface area contributed by atoms with E-state index < -0.39 is 5.91 Å². The molecule has 0 N–H and O–H groups in total. The molecule has 3 aromatic carbocycles. The lowest BCUT2D eigenvalue weighted by atomic mass is 9.88. The Balaban J connectivity index is 1.39. The van der Waals surface area contributed by atoms with Gasteiger partial charge in [-0.1, -0.05) is 67.8 Å². The summed E-state index contributed by atoms with van der Waals surface area (Å²) in [6, 6.07) is 29.3. The molecule has 1 aliphatic carbocycles. The quantitative estimate of drug-likeness (QED) is 0.176. The van der Waals surface area contributed by atoms with Gasteiger partial charge in [0.15, 0.2) is 0 Å². The van der Waals surface area contributed by atoms with Gasteiger partial charge in [-0.2, -0.15) is 10.4 Å². The van der Waals surface area contributed by atoms with E-state index in [2.05, 4.69) is 6.07 Å². The van der Waals surface area contributed by atoms with Crippen molar-refractivity contribution in [1.82, 2.24) is 14.7 Å². The first-order valence-corrected chi connectivity index (χ1v) is 14.7. The largest absolute Gasteiger partial charge is 0.489 e. The molecule has 0 bridgehead atoms. The molecular formula is C36H32N4O3. The van der Waals surface area contributed by atoms with Gasteiger partial charge in [-0.05, 0) is 73.4 Å². The third kappa shape index (κ3) is 5.77. The van der Waals surface area contributed by atoms with Gasteiger partial charge >= 0.3 is 0 Å². The van der Waals surface area contributed by atoms with Crippen LogP contribution in [0.3, 0.4) is 0 Å². The molecule has 0 unspecified atom stereocenters.